The van der Waals surface area contributed by atoms with Gasteiger partial charge in [-0.3, -0.25) is 9.59 Å². The molecule has 248 valence electrons. The van der Waals surface area contributed by atoms with Crippen LogP contribution in [0, 0.1) is 5.82 Å². The van der Waals surface area contributed by atoms with E-state index in [9.17, 15) is 32.7 Å². The first-order valence-electron chi connectivity index (χ1n) is 14.9. The van der Waals surface area contributed by atoms with Gasteiger partial charge in [0.25, 0.3) is 0 Å². The minimum absolute atomic E-state index is 0.0102. The Labute approximate surface area is 276 Å². The number of carboxylic acid groups (broad SMARTS) is 1. The molecular weight excluding hydrogens is 639 g/mol. The van der Waals surface area contributed by atoms with Crippen molar-refractivity contribution in [2.24, 2.45) is 5.73 Å². The van der Waals surface area contributed by atoms with Gasteiger partial charge in [0.05, 0.1) is 22.6 Å². The fourth-order valence-corrected chi connectivity index (χ4v) is 8.19. The molecule has 0 aliphatic carbocycles. The van der Waals surface area contributed by atoms with Gasteiger partial charge >= 0.3 is 12.0 Å². The Hall–Kier alpha value is -5.56. The van der Waals surface area contributed by atoms with E-state index in [1.165, 1.54) is 78.7 Å². The number of aliphatic carboxylic acids is 1. The van der Waals surface area contributed by atoms with Crippen LogP contribution >= 0.6 is 0 Å². The second-order valence-electron chi connectivity index (χ2n) is 11.4. The molecule has 0 spiro atoms. The number of benzene rings is 4. The Bertz CT molecular complexity index is 1930. The minimum Gasteiger partial charge on any atom is -0.479 e. The molecule has 1 aliphatic heterocycles. The number of hydrogen-bond donors (Lipinski definition) is 3. The molecule has 4 atom stereocenters. The first-order chi connectivity index (χ1) is 22.9. The lowest BCUT2D eigenvalue weighted by Gasteiger charge is -2.36. The highest BCUT2D eigenvalue weighted by Gasteiger charge is 2.56. The van der Waals surface area contributed by atoms with Gasteiger partial charge in [-0.25, -0.2) is 22.4 Å². The quantitative estimate of drug-likeness (QED) is 0.229. The number of nitrogens with one attached hydrogen (secondary N) is 1. The second-order valence-corrected chi connectivity index (χ2v) is 13.6. The molecule has 4 unspecified atom stereocenters. The monoisotopic (exact) mass is 672 g/mol. The number of sulfone groups is 1. The third-order valence-electron chi connectivity index (χ3n) is 8.57. The minimum atomic E-state index is -4.34. The van der Waals surface area contributed by atoms with E-state index >= 15 is 4.39 Å². The summed E-state index contributed by atoms with van der Waals surface area (Å²) < 4.78 is 44.3. The number of amides is 4. The summed E-state index contributed by atoms with van der Waals surface area (Å²) in [6.45, 7) is 0. The highest BCUT2D eigenvalue weighted by Crippen LogP contribution is 2.45. The maximum Gasteiger partial charge on any atom is 0.334 e. The van der Waals surface area contributed by atoms with Crippen LogP contribution in [0.3, 0.4) is 0 Å². The van der Waals surface area contributed by atoms with Crippen molar-refractivity contribution in [1.29, 1.82) is 0 Å². The summed E-state index contributed by atoms with van der Waals surface area (Å²) in [6.07, 6.45) is -1.43. The molecule has 0 radical (unpaired) electrons. The first-order valence-corrected chi connectivity index (χ1v) is 16.5. The molecule has 4 N–H and O–H groups in total. The summed E-state index contributed by atoms with van der Waals surface area (Å²) in [5, 5.41) is 11.2. The van der Waals surface area contributed by atoms with Crippen LogP contribution in [0.4, 0.5) is 14.9 Å². The molecular formula is C35H33FN4O7S. The third-order valence-corrected chi connectivity index (χ3v) is 10.7. The van der Waals surface area contributed by atoms with E-state index in [1.54, 1.807) is 42.5 Å². The lowest BCUT2D eigenvalue weighted by molar-refractivity contribution is -0.151. The van der Waals surface area contributed by atoms with Crippen molar-refractivity contribution in [2.45, 2.75) is 40.6 Å². The molecule has 1 fully saturated rings. The molecule has 5 rings (SSSR count). The Kier molecular flexibility index (Phi) is 9.62. The Morgan fingerprint density at radius 1 is 0.896 bits per heavy atom. The van der Waals surface area contributed by atoms with Crippen LogP contribution in [0.25, 0.3) is 0 Å². The van der Waals surface area contributed by atoms with Crippen LogP contribution in [-0.4, -0.2) is 60.6 Å². The molecule has 1 aliphatic rings. The summed E-state index contributed by atoms with van der Waals surface area (Å²) in [5.41, 5.74) is 3.23. The molecule has 11 nitrogen and oxygen atoms in total. The Balaban J connectivity index is 1.72. The SMILES string of the molecule is CN(C(=O)C1CC(S(=O)(=O)c2ccccc2)C(c2ccccc2F)N1C(=O)CC(NC(N)=O)(C(=O)O)c1ccccc1)c1ccccc1. The van der Waals surface area contributed by atoms with E-state index < -0.39 is 75.2 Å². The van der Waals surface area contributed by atoms with Gasteiger partial charge < -0.3 is 26.0 Å². The number of carbonyl (C=O) groups excluding carboxylic acids is 3. The highest BCUT2D eigenvalue weighted by atomic mass is 32.2. The lowest BCUT2D eigenvalue weighted by Crippen LogP contribution is -2.57. The number of rotatable bonds is 10. The number of carboxylic acids is 1. The Morgan fingerprint density at radius 3 is 2.00 bits per heavy atom. The molecule has 4 amide bonds. The van der Waals surface area contributed by atoms with Gasteiger partial charge in [-0.15, -0.1) is 0 Å². The maximum absolute atomic E-state index is 15.7. The number of likely N-dealkylation sites (N-methyl/N-ethyl adjacent to an activating group) is 1. The molecule has 0 bridgehead atoms. The predicted octanol–water partition coefficient (Wildman–Crippen LogP) is 4.01. The van der Waals surface area contributed by atoms with Gasteiger partial charge in [0.15, 0.2) is 15.4 Å². The largest absolute Gasteiger partial charge is 0.479 e. The second kappa shape index (κ2) is 13.7. The summed E-state index contributed by atoms with van der Waals surface area (Å²) in [7, 11) is -2.89. The summed E-state index contributed by atoms with van der Waals surface area (Å²) in [4.78, 5) is 56.3. The molecule has 1 heterocycles. The van der Waals surface area contributed by atoms with Crippen LogP contribution in [0.15, 0.2) is 120 Å². The molecule has 1 saturated heterocycles. The van der Waals surface area contributed by atoms with Gasteiger partial charge in [-0.05, 0) is 42.3 Å². The van der Waals surface area contributed by atoms with Gasteiger partial charge in [0.1, 0.15) is 11.9 Å². The van der Waals surface area contributed by atoms with Crippen molar-refractivity contribution in [3.8, 4) is 0 Å². The normalized spacial score (nSPS) is 18.8. The van der Waals surface area contributed by atoms with Crippen molar-refractivity contribution in [3.05, 3.63) is 132 Å². The lowest BCUT2D eigenvalue weighted by atomic mass is 9.85. The first kappa shape index (κ1) is 33.8. The highest BCUT2D eigenvalue weighted by molar-refractivity contribution is 7.92. The smallest absolute Gasteiger partial charge is 0.334 e. The van der Waals surface area contributed by atoms with Crippen molar-refractivity contribution < 1.29 is 37.1 Å². The van der Waals surface area contributed by atoms with E-state index in [-0.39, 0.29) is 16.0 Å². The molecule has 48 heavy (non-hydrogen) atoms. The van der Waals surface area contributed by atoms with E-state index in [4.69, 9.17) is 5.73 Å². The number of nitrogens with zero attached hydrogens (tertiary/aromatic N) is 2. The third kappa shape index (κ3) is 6.36. The van der Waals surface area contributed by atoms with Crippen LogP contribution in [-0.2, 0) is 29.8 Å². The zero-order valence-corrected chi connectivity index (χ0v) is 26.6. The Morgan fingerprint density at radius 2 is 1.44 bits per heavy atom. The fourth-order valence-electron chi connectivity index (χ4n) is 6.26. The number of anilines is 1. The molecule has 4 aromatic rings. The summed E-state index contributed by atoms with van der Waals surface area (Å²) in [6, 6.07) is 24.2. The molecule has 4 aromatic carbocycles. The molecule has 0 aromatic heterocycles. The van der Waals surface area contributed by atoms with E-state index in [0.29, 0.717) is 5.69 Å². The zero-order chi connectivity index (χ0) is 34.6. The van der Waals surface area contributed by atoms with Crippen molar-refractivity contribution in [2.75, 3.05) is 11.9 Å². The van der Waals surface area contributed by atoms with Crippen LogP contribution < -0.4 is 16.0 Å². The van der Waals surface area contributed by atoms with Crippen LogP contribution in [0.5, 0.6) is 0 Å². The van der Waals surface area contributed by atoms with Crippen molar-refractivity contribution >= 4 is 39.3 Å². The number of carbonyl (C=O) groups is 4. The van der Waals surface area contributed by atoms with Gasteiger partial charge in [-0.1, -0.05) is 84.9 Å². The van der Waals surface area contributed by atoms with E-state index in [2.05, 4.69) is 5.32 Å². The number of nitrogens with two attached hydrogens (primary N) is 1. The van der Waals surface area contributed by atoms with Crippen molar-refractivity contribution in [3.63, 3.8) is 0 Å². The van der Waals surface area contributed by atoms with Gasteiger partial charge in [0.2, 0.25) is 11.8 Å². The summed E-state index contributed by atoms with van der Waals surface area (Å²) in [5.74, 6) is -4.19. The number of urea groups is 1. The van der Waals surface area contributed by atoms with Crippen molar-refractivity contribution in [1.82, 2.24) is 10.2 Å². The topological polar surface area (TPSA) is 167 Å². The van der Waals surface area contributed by atoms with Gasteiger partial charge in [-0.2, -0.15) is 0 Å². The molecule has 0 saturated carbocycles. The standard InChI is InChI=1S/C35H33FN4O7S/c1-39(24-15-7-3-8-16-24)32(42)28-21-29(48(46,47)25-17-9-4-10-18-25)31(26-19-11-12-20-27(26)36)40(28)30(41)22-35(33(43)44,38-34(37)45)23-13-5-2-6-14-23/h2-20,28-29,31H,21-22H2,1H3,(H,43,44)(H3,37,38,45). The zero-order valence-electron chi connectivity index (χ0n) is 25.8. The number of hydrogen-bond acceptors (Lipinski definition) is 6. The molecule has 13 heteroatoms. The fraction of sp³-hybridized carbons (Fsp3) is 0.200. The van der Waals surface area contributed by atoms with Gasteiger partial charge in [0, 0.05) is 18.3 Å². The maximum atomic E-state index is 15.7. The summed E-state index contributed by atoms with van der Waals surface area (Å²) >= 11 is 0. The number of halogens is 1. The number of primary amides is 1. The van der Waals surface area contributed by atoms with Crippen LogP contribution in [0.2, 0.25) is 0 Å². The number of likely N-dealkylation sites (tertiary alicyclic amines) is 1. The number of para-hydroxylation sites is 1. The average Bonchev–Trinajstić information content (AvgIpc) is 3.50. The predicted molar refractivity (Wildman–Crippen MR) is 175 cm³/mol. The van der Waals surface area contributed by atoms with E-state index in [0.717, 1.165) is 11.0 Å². The van der Waals surface area contributed by atoms with E-state index in [1.807, 2.05) is 0 Å². The van der Waals surface area contributed by atoms with Crippen LogP contribution in [0.1, 0.15) is 30.0 Å². The average molecular weight is 673 g/mol.